The highest BCUT2D eigenvalue weighted by atomic mass is 19.1. The monoisotopic (exact) mass is 391 g/mol. The molecule has 1 saturated heterocycles. The summed E-state index contributed by atoms with van der Waals surface area (Å²) in [5.74, 6) is 0.395. The molecule has 0 radical (unpaired) electrons. The molecule has 2 aromatic heterocycles. The van der Waals surface area contributed by atoms with Crippen molar-refractivity contribution in [3.8, 4) is 11.3 Å². The van der Waals surface area contributed by atoms with Gasteiger partial charge in [0.1, 0.15) is 17.2 Å². The molecule has 0 aliphatic carbocycles. The Morgan fingerprint density at radius 2 is 1.38 bits per heavy atom. The van der Waals surface area contributed by atoms with Crippen molar-refractivity contribution in [1.82, 2.24) is 14.6 Å². The number of hydrogen-bond donors (Lipinski definition) is 0. The van der Waals surface area contributed by atoms with Crippen molar-refractivity contribution in [3.63, 3.8) is 0 Å². The van der Waals surface area contributed by atoms with E-state index in [1.165, 1.54) is 24.3 Å². The molecule has 0 atom stereocenters. The molecule has 146 valence electrons. The molecule has 0 N–H and O–H groups in total. The van der Waals surface area contributed by atoms with Crippen LogP contribution in [0.3, 0.4) is 0 Å². The average Bonchev–Trinajstić information content (AvgIpc) is 3.19. The van der Waals surface area contributed by atoms with E-state index >= 15 is 0 Å². The normalized spacial score (nSPS) is 14.6. The highest BCUT2D eigenvalue weighted by Crippen LogP contribution is 2.27. The number of rotatable bonds is 3. The van der Waals surface area contributed by atoms with Crippen LogP contribution in [0.5, 0.6) is 0 Å². The predicted octanol–water partition coefficient (Wildman–Crippen LogP) is 4.00. The van der Waals surface area contributed by atoms with Crippen LogP contribution in [0, 0.1) is 11.6 Å². The second-order valence-corrected chi connectivity index (χ2v) is 7.07. The average molecular weight is 391 g/mol. The van der Waals surface area contributed by atoms with Gasteiger partial charge in [0.2, 0.25) is 0 Å². The van der Waals surface area contributed by atoms with E-state index in [0.717, 1.165) is 54.5 Å². The maximum absolute atomic E-state index is 13.2. The fraction of sp³-hybridized carbons (Fsp3) is 0.182. The van der Waals surface area contributed by atoms with Crippen molar-refractivity contribution in [1.29, 1.82) is 0 Å². The molecule has 0 bridgehead atoms. The van der Waals surface area contributed by atoms with Gasteiger partial charge in [-0.05, 0) is 54.6 Å². The zero-order valence-corrected chi connectivity index (χ0v) is 15.7. The van der Waals surface area contributed by atoms with Crippen molar-refractivity contribution in [3.05, 3.63) is 78.6 Å². The number of nitrogens with zero attached hydrogens (tertiary/aromatic N) is 5. The minimum atomic E-state index is -0.265. The zero-order valence-electron chi connectivity index (χ0n) is 15.7. The molecule has 0 spiro atoms. The molecule has 0 unspecified atom stereocenters. The first-order chi connectivity index (χ1) is 14.2. The molecule has 1 fully saturated rings. The van der Waals surface area contributed by atoms with Crippen LogP contribution >= 0.6 is 0 Å². The summed E-state index contributed by atoms with van der Waals surface area (Å²) < 4.78 is 28.2. The summed E-state index contributed by atoms with van der Waals surface area (Å²) in [7, 11) is 0. The lowest BCUT2D eigenvalue weighted by atomic mass is 10.1. The molecule has 1 aliphatic heterocycles. The molecule has 1 aliphatic rings. The van der Waals surface area contributed by atoms with Crippen LogP contribution in [-0.2, 0) is 0 Å². The predicted molar refractivity (Wildman–Crippen MR) is 109 cm³/mol. The molecule has 2 aromatic carbocycles. The Morgan fingerprint density at radius 3 is 2.07 bits per heavy atom. The Morgan fingerprint density at radius 1 is 0.759 bits per heavy atom. The van der Waals surface area contributed by atoms with Crippen LogP contribution < -0.4 is 9.80 Å². The van der Waals surface area contributed by atoms with Crippen LogP contribution in [0.1, 0.15) is 0 Å². The second-order valence-electron chi connectivity index (χ2n) is 7.07. The lowest BCUT2D eigenvalue weighted by molar-refractivity contribution is 0.624. The largest absolute Gasteiger partial charge is 0.368 e. The summed E-state index contributed by atoms with van der Waals surface area (Å²) in [5, 5.41) is 4.62. The molecule has 0 saturated carbocycles. The van der Waals surface area contributed by atoms with E-state index in [4.69, 9.17) is 0 Å². The summed E-state index contributed by atoms with van der Waals surface area (Å²) in [4.78, 5) is 9.09. The van der Waals surface area contributed by atoms with Gasteiger partial charge >= 0.3 is 0 Å². The van der Waals surface area contributed by atoms with Crippen LogP contribution in [0.15, 0.2) is 67.0 Å². The van der Waals surface area contributed by atoms with E-state index in [1.54, 1.807) is 18.3 Å². The number of aromatic nitrogens is 3. The van der Waals surface area contributed by atoms with Crippen molar-refractivity contribution < 1.29 is 8.78 Å². The van der Waals surface area contributed by atoms with Crippen molar-refractivity contribution >= 4 is 17.0 Å². The third-order valence-electron chi connectivity index (χ3n) is 5.28. The molecular formula is C22H19F2N5. The number of piperazine rings is 1. The number of hydrogen-bond acceptors (Lipinski definition) is 4. The van der Waals surface area contributed by atoms with Gasteiger partial charge in [-0.1, -0.05) is 0 Å². The first kappa shape index (κ1) is 17.6. The van der Waals surface area contributed by atoms with Crippen molar-refractivity contribution in [2.75, 3.05) is 36.0 Å². The standard InChI is InChI=1S/C22H19F2N5/c23-17-3-1-16(2-4-17)20-15-21-22(25-9-10-29(21)26-20)28-13-11-27(12-14-28)19-7-5-18(24)6-8-19/h1-10,15H,11-14H2. The highest BCUT2D eigenvalue weighted by Gasteiger charge is 2.21. The van der Waals surface area contributed by atoms with Crippen LogP contribution in [0.25, 0.3) is 16.8 Å². The first-order valence-electron chi connectivity index (χ1n) is 9.53. The quantitative estimate of drug-likeness (QED) is 0.529. The minimum Gasteiger partial charge on any atom is -0.368 e. The smallest absolute Gasteiger partial charge is 0.154 e. The highest BCUT2D eigenvalue weighted by molar-refractivity contribution is 5.75. The maximum Gasteiger partial charge on any atom is 0.154 e. The molecule has 7 heteroatoms. The Hall–Kier alpha value is -3.48. The van der Waals surface area contributed by atoms with Crippen LogP contribution in [-0.4, -0.2) is 40.8 Å². The zero-order chi connectivity index (χ0) is 19.8. The van der Waals surface area contributed by atoms with Gasteiger partial charge in [-0.2, -0.15) is 5.10 Å². The Labute approximate surface area is 166 Å². The van der Waals surface area contributed by atoms with Gasteiger partial charge in [-0.25, -0.2) is 18.3 Å². The maximum atomic E-state index is 13.2. The number of halogens is 2. The SMILES string of the molecule is Fc1ccc(-c2cc3c(N4CCN(c5ccc(F)cc5)CC4)nccn3n2)cc1. The van der Waals surface area contributed by atoms with E-state index < -0.39 is 0 Å². The molecular weight excluding hydrogens is 372 g/mol. The van der Waals surface area contributed by atoms with Gasteiger partial charge in [0.25, 0.3) is 0 Å². The van der Waals surface area contributed by atoms with Gasteiger partial charge in [-0.15, -0.1) is 0 Å². The van der Waals surface area contributed by atoms with Gasteiger partial charge in [0.15, 0.2) is 5.82 Å². The molecule has 5 rings (SSSR count). The summed E-state index contributed by atoms with van der Waals surface area (Å²) in [5.41, 5.74) is 3.59. The molecule has 29 heavy (non-hydrogen) atoms. The van der Waals surface area contributed by atoms with Gasteiger partial charge in [-0.3, -0.25) is 0 Å². The summed E-state index contributed by atoms with van der Waals surface area (Å²) in [6.45, 7) is 3.27. The van der Waals surface area contributed by atoms with E-state index in [0.29, 0.717) is 0 Å². The Balaban J connectivity index is 1.39. The lowest BCUT2D eigenvalue weighted by Gasteiger charge is -2.36. The van der Waals surface area contributed by atoms with E-state index in [9.17, 15) is 8.78 Å². The third kappa shape index (κ3) is 3.40. The summed E-state index contributed by atoms with van der Waals surface area (Å²) in [6, 6.07) is 14.9. The third-order valence-corrected chi connectivity index (χ3v) is 5.28. The lowest BCUT2D eigenvalue weighted by Crippen LogP contribution is -2.47. The minimum absolute atomic E-state index is 0.221. The summed E-state index contributed by atoms with van der Waals surface area (Å²) >= 11 is 0. The topological polar surface area (TPSA) is 36.7 Å². The number of fused-ring (bicyclic) bond motifs is 1. The number of anilines is 2. The number of benzene rings is 2. The second kappa shape index (κ2) is 7.16. The van der Waals surface area contributed by atoms with E-state index in [2.05, 4.69) is 19.9 Å². The molecule has 0 amide bonds. The van der Waals surface area contributed by atoms with Crippen molar-refractivity contribution in [2.24, 2.45) is 0 Å². The van der Waals surface area contributed by atoms with Crippen LogP contribution in [0.4, 0.5) is 20.3 Å². The Bertz CT molecular complexity index is 1130. The van der Waals surface area contributed by atoms with Crippen LogP contribution in [0.2, 0.25) is 0 Å². The first-order valence-corrected chi connectivity index (χ1v) is 9.53. The molecule has 5 nitrogen and oxygen atoms in total. The van der Waals surface area contributed by atoms with E-state index in [1.807, 2.05) is 28.9 Å². The molecule has 3 heterocycles. The van der Waals surface area contributed by atoms with Gasteiger partial charge in [0, 0.05) is 49.8 Å². The van der Waals surface area contributed by atoms with E-state index in [-0.39, 0.29) is 11.6 Å². The summed E-state index contributed by atoms with van der Waals surface area (Å²) in [6.07, 6.45) is 3.57. The molecule has 4 aromatic rings. The van der Waals surface area contributed by atoms with Gasteiger partial charge in [0.05, 0.1) is 5.69 Å². The Kier molecular flexibility index (Phi) is 4.35. The fourth-order valence-electron chi connectivity index (χ4n) is 3.74. The van der Waals surface area contributed by atoms with Gasteiger partial charge < -0.3 is 9.80 Å². The van der Waals surface area contributed by atoms with Crippen molar-refractivity contribution in [2.45, 2.75) is 0 Å². The fourth-order valence-corrected chi connectivity index (χ4v) is 3.74.